The molecule has 1 heterocycles. The minimum Gasteiger partial charge on any atom is -0.444 e. The van der Waals surface area contributed by atoms with Gasteiger partial charge in [-0.3, -0.25) is 4.68 Å². The summed E-state index contributed by atoms with van der Waals surface area (Å²) in [5.41, 5.74) is 1.72. The van der Waals surface area contributed by atoms with Gasteiger partial charge < -0.3 is 15.4 Å². The average molecular weight is 296 g/mol. The molecule has 6 heteroatoms. The standard InChI is InChI=1S/C15H28N4O2/c1-10(8-16-14(20)21-15(4,5)6)17-11(2)13-9-19(7)18-12(13)3/h9-11,17H,8H2,1-7H3,(H,16,20). The molecule has 2 atom stereocenters. The van der Waals surface area contributed by atoms with E-state index in [2.05, 4.69) is 22.7 Å². The molecule has 2 N–H and O–H groups in total. The number of nitrogens with zero attached hydrogens (tertiary/aromatic N) is 2. The smallest absolute Gasteiger partial charge is 0.407 e. The van der Waals surface area contributed by atoms with Gasteiger partial charge in [-0.2, -0.15) is 5.10 Å². The number of rotatable bonds is 5. The summed E-state index contributed by atoms with van der Waals surface area (Å²) in [4.78, 5) is 11.6. The number of aromatic nitrogens is 2. The Kier molecular flexibility index (Phi) is 5.78. The number of amides is 1. The molecule has 6 nitrogen and oxygen atoms in total. The molecular weight excluding hydrogens is 268 g/mol. The number of carbonyl (C=O) groups is 1. The van der Waals surface area contributed by atoms with Gasteiger partial charge >= 0.3 is 6.09 Å². The Morgan fingerprint density at radius 2 is 2.05 bits per heavy atom. The summed E-state index contributed by atoms with van der Waals surface area (Å²) in [5, 5.41) is 10.6. The summed E-state index contributed by atoms with van der Waals surface area (Å²) < 4.78 is 7.02. The first-order valence-corrected chi connectivity index (χ1v) is 7.31. The van der Waals surface area contributed by atoms with Crippen LogP contribution in [0.2, 0.25) is 0 Å². The fourth-order valence-electron chi connectivity index (χ4n) is 2.17. The second-order valence-electron chi connectivity index (χ2n) is 6.52. The summed E-state index contributed by atoms with van der Waals surface area (Å²) >= 11 is 0. The van der Waals surface area contributed by atoms with Crippen LogP contribution in [0.15, 0.2) is 6.20 Å². The van der Waals surface area contributed by atoms with Gasteiger partial charge in [-0.15, -0.1) is 0 Å². The van der Waals surface area contributed by atoms with Gasteiger partial charge in [0, 0.05) is 37.4 Å². The van der Waals surface area contributed by atoms with E-state index in [9.17, 15) is 4.79 Å². The van der Waals surface area contributed by atoms with Crippen LogP contribution in [-0.2, 0) is 11.8 Å². The van der Waals surface area contributed by atoms with E-state index < -0.39 is 5.60 Å². The predicted molar refractivity (Wildman–Crippen MR) is 83.2 cm³/mol. The molecule has 0 saturated carbocycles. The first kappa shape index (κ1) is 17.5. The lowest BCUT2D eigenvalue weighted by Gasteiger charge is -2.23. The fourth-order valence-corrected chi connectivity index (χ4v) is 2.17. The molecule has 1 aromatic heterocycles. The Morgan fingerprint density at radius 3 is 2.52 bits per heavy atom. The molecule has 120 valence electrons. The number of ether oxygens (including phenoxy) is 1. The molecule has 0 saturated heterocycles. The van der Waals surface area contributed by atoms with Crippen LogP contribution in [0.5, 0.6) is 0 Å². The van der Waals surface area contributed by atoms with Gasteiger partial charge in [-0.1, -0.05) is 0 Å². The molecule has 1 rings (SSSR count). The van der Waals surface area contributed by atoms with Crippen molar-refractivity contribution < 1.29 is 9.53 Å². The highest BCUT2D eigenvalue weighted by atomic mass is 16.6. The third-order valence-corrected chi connectivity index (χ3v) is 3.00. The Hall–Kier alpha value is -1.56. The van der Waals surface area contributed by atoms with Crippen LogP contribution >= 0.6 is 0 Å². The largest absolute Gasteiger partial charge is 0.444 e. The molecule has 1 amide bonds. The van der Waals surface area contributed by atoms with Crippen LogP contribution in [0.4, 0.5) is 4.79 Å². The SMILES string of the molecule is Cc1nn(C)cc1C(C)NC(C)CNC(=O)OC(C)(C)C. The highest BCUT2D eigenvalue weighted by Crippen LogP contribution is 2.15. The van der Waals surface area contributed by atoms with Gasteiger partial charge in [0.1, 0.15) is 5.60 Å². The maximum atomic E-state index is 11.6. The van der Waals surface area contributed by atoms with Crippen LogP contribution in [-0.4, -0.2) is 34.1 Å². The minimum absolute atomic E-state index is 0.132. The number of nitrogens with one attached hydrogen (secondary N) is 2. The maximum Gasteiger partial charge on any atom is 0.407 e. The van der Waals surface area contributed by atoms with E-state index in [-0.39, 0.29) is 18.2 Å². The normalized spacial score (nSPS) is 14.6. The van der Waals surface area contributed by atoms with Crippen molar-refractivity contribution in [1.29, 1.82) is 0 Å². The summed E-state index contributed by atoms with van der Waals surface area (Å²) in [6, 6.07) is 0.307. The first-order valence-electron chi connectivity index (χ1n) is 7.31. The van der Waals surface area contributed by atoms with Crippen molar-refractivity contribution in [3.8, 4) is 0 Å². The molecule has 0 spiro atoms. The van der Waals surface area contributed by atoms with Gasteiger partial charge in [-0.25, -0.2) is 4.79 Å². The first-order chi connectivity index (χ1) is 9.58. The third kappa shape index (κ3) is 6.16. The van der Waals surface area contributed by atoms with E-state index in [1.165, 1.54) is 5.56 Å². The Balaban J connectivity index is 2.41. The average Bonchev–Trinajstić information content (AvgIpc) is 2.63. The highest BCUT2D eigenvalue weighted by Gasteiger charge is 2.18. The Labute approximate surface area is 127 Å². The molecule has 0 radical (unpaired) electrons. The second kappa shape index (κ2) is 6.93. The Morgan fingerprint density at radius 1 is 1.43 bits per heavy atom. The van der Waals surface area contributed by atoms with Crippen molar-refractivity contribution in [1.82, 2.24) is 20.4 Å². The maximum absolute atomic E-state index is 11.6. The Bertz CT molecular complexity index is 477. The lowest BCUT2D eigenvalue weighted by molar-refractivity contribution is 0.0522. The molecule has 0 aliphatic rings. The van der Waals surface area contributed by atoms with Crippen LogP contribution in [0, 0.1) is 6.92 Å². The van der Waals surface area contributed by atoms with E-state index in [0.717, 1.165) is 5.69 Å². The quantitative estimate of drug-likeness (QED) is 0.875. The fraction of sp³-hybridized carbons (Fsp3) is 0.733. The van der Waals surface area contributed by atoms with Crippen molar-refractivity contribution in [3.63, 3.8) is 0 Å². The zero-order valence-corrected chi connectivity index (χ0v) is 14.2. The molecule has 0 fully saturated rings. The van der Waals surface area contributed by atoms with E-state index in [1.807, 2.05) is 52.5 Å². The summed E-state index contributed by atoms with van der Waals surface area (Å²) in [6.45, 7) is 12.2. The van der Waals surface area contributed by atoms with E-state index >= 15 is 0 Å². The van der Waals surface area contributed by atoms with E-state index in [1.54, 1.807) is 0 Å². The van der Waals surface area contributed by atoms with Gasteiger partial charge in [0.15, 0.2) is 0 Å². The lowest BCUT2D eigenvalue weighted by atomic mass is 10.1. The van der Waals surface area contributed by atoms with Gasteiger partial charge in [0.2, 0.25) is 0 Å². The molecule has 0 aliphatic carbocycles. The van der Waals surface area contributed by atoms with Crippen molar-refractivity contribution in [3.05, 3.63) is 17.5 Å². The van der Waals surface area contributed by atoms with E-state index in [0.29, 0.717) is 6.54 Å². The molecule has 21 heavy (non-hydrogen) atoms. The number of aryl methyl sites for hydroxylation is 2. The second-order valence-corrected chi connectivity index (χ2v) is 6.52. The number of alkyl carbamates (subject to hydrolysis) is 1. The molecule has 0 aromatic carbocycles. The monoisotopic (exact) mass is 296 g/mol. The molecule has 1 aromatic rings. The van der Waals surface area contributed by atoms with Crippen LogP contribution in [0.3, 0.4) is 0 Å². The van der Waals surface area contributed by atoms with Gasteiger partial charge in [-0.05, 0) is 41.5 Å². The van der Waals surface area contributed by atoms with Gasteiger partial charge in [0.05, 0.1) is 5.69 Å². The van der Waals surface area contributed by atoms with Crippen LogP contribution < -0.4 is 10.6 Å². The summed E-state index contributed by atoms with van der Waals surface area (Å²) in [5.74, 6) is 0. The lowest BCUT2D eigenvalue weighted by Crippen LogP contribution is -2.42. The topological polar surface area (TPSA) is 68.2 Å². The molecule has 2 unspecified atom stereocenters. The molecule has 0 aliphatic heterocycles. The number of carbonyl (C=O) groups excluding carboxylic acids is 1. The van der Waals surface area contributed by atoms with Crippen molar-refractivity contribution in [2.24, 2.45) is 7.05 Å². The van der Waals surface area contributed by atoms with Crippen LogP contribution in [0.25, 0.3) is 0 Å². The molecule has 0 bridgehead atoms. The van der Waals surface area contributed by atoms with Gasteiger partial charge in [0.25, 0.3) is 0 Å². The zero-order valence-electron chi connectivity index (χ0n) is 14.2. The van der Waals surface area contributed by atoms with Crippen molar-refractivity contribution in [2.45, 2.75) is 59.2 Å². The number of hydrogen-bond donors (Lipinski definition) is 2. The highest BCUT2D eigenvalue weighted by molar-refractivity contribution is 5.67. The zero-order chi connectivity index (χ0) is 16.2. The van der Waals surface area contributed by atoms with Crippen LogP contribution in [0.1, 0.15) is 51.9 Å². The van der Waals surface area contributed by atoms with Crippen molar-refractivity contribution >= 4 is 6.09 Å². The summed E-state index contributed by atoms with van der Waals surface area (Å²) in [6.07, 6.45) is 1.63. The van der Waals surface area contributed by atoms with Crippen molar-refractivity contribution in [2.75, 3.05) is 6.54 Å². The summed E-state index contributed by atoms with van der Waals surface area (Å²) in [7, 11) is 1.91. The molecular formula is C15H28N4O2. The minimum atomic E-state index is -0.471. The van der Waals surface area contributed by atoms with E-state index in [4.69, 9.17) is 4.74 Å². The number of hydrogen-bond acceptors (Lipinski definition) is 4. The predicted octanol–water partition coefficient (Wildman–Crippen LogP) is 2.29. The third-order valence-electron chi connectivity index (χ3n) is 3.00.